The van der Waals surface area contributed by atoms with Crippen LogP contribution in [0.5, 0.6) is 0 Å². The van der Waals surface area contributed by atoms with Crippen molar-refractivity contribution >= 4 is 40.7 Å². The number of hydrogen-bond acceptors (Lipinski definition) is 2. The summed E-state index contributed by atoms with van der Waals surface area (Å²) in [5, 5.41) is 0.876. The molecular weight excluding hydrogens is 297 g/mol. The number of amides is 2. The highest BCUT2D eigenvalue weighted by Gasteiger charge is 2.61. The van der Waals surface area contributed by atoms with Crippen LogP contribution < -0.4 is 4.90 Å². The van der Waals surface area contributed by atoms with Crippen LogP contribution in [-0.4, -0.2) is 11.8 Å². The maximum absolute atomic E-state index is 12.6. The fraction of sp³-hybridized carbons (Fsp3) is 0.467. The minimum atomic E-state index is -0.112. The van der Waals surface area contributed by atoms with Crippen LogP contribution in [-0.2, 0) is 9.59 Å². The first-order valence-electron chi connectivity index (χ1n) is 6.90. The van der Waals surface area contributed by atoms with Gasteiger partial charge in [-0.1, -0.05) is 23.2 Å². The van der Waals surface area contributed by atoms with Crippen LogP contribution in [0.4, 0.5) is 5.69 Å². The number of carbonyl (C=O) groups excluding carboxylic acids is 2. The Morgan fingerprint density at radius 3 is 1.90 bits per heavy atom. The molecule has 3 aliphatic rings. The molecule has 1 aliphatic heterocycles. The first-order valence-corrected chi connectivity index (χ1v) is 7.66. The number of nitrogens with zero attached hydrogens (tertiary/aromatic N) is 1. The second kappa shape index (κ2) is 4.22. The Labute approximate surface area is 126 Å². The Morgan fingerprint density at radius 1 is 0.900 bits per heavy atom. The highest BCUT2D eigenvalue weighted by atomic mass is 35.5. The van der Waals surface area contributed by atoms with Crippen molar-refractivity contribution in [1.29, 1.82) is 0 Å². The molecule has 4 atom stereocenters. The molecule has 0 N–H and O–H groups in total. The van der Waals surface area contributed by atoms with E-state index in [1.807, 2.05) is 0 Å². The molecule has 1 saturated heterocycles. The second-order valence-electron chi connectivity index (χ2n) is 6.02. The van der Waals surface area contributed by atoms with Crippen LogP contribution in [0.25, 0.3) is 0 Å². The highest BCUT2D eigenvalue weighted by molar-refractivity contribution is 6.35. The Hall–Kier alpha value is -1.06. The van der Waals surface area contributed by atoms with Crippen molar-refractivity contribution in [2.75, 3.05) is 4.90 Å². The zero-order chi connectivity index (χ0) is 14.0. The molecule has 1 heterocycles. The maximum atomic E-state index is 12.6. The normalized spacial score (nSPS) is 35.0. The zero-order valence-electron chi connectivity index (χ0n) is 10.7. The van der Waals surface area contributed by atoms with Gasteiger partial charge in [-0.25, -0.2) is 4.90 Å². The van der Waals surface area contributed by atoms with Gasteiger partial charge in [-0.3, -0.25) is 9.59 Å². The van der Waals surface area contributed by atoms with Crippen molar-refractivity contribution in [3.8, 4) is 0 Å². The van der Waals surface area contributed by atoms with Gasteiger partial charge >= 0.3 is 0 Å². The van der Waals surface area contributed by atoms with E-state index in [2.05, 4.69) is 0 Å². The number of benzene rings is 1. The molecule has 1 aromatic carbocycles. The van der Waals surface area contributed by atoms with Gasteiger partial charge in [0, 0.05) is 10.0 Å². The van der Waals surface area contributed by atoms with Crippen molar-refractivity contribution in [1.82, 2.24) is 0 Å². The summed E-state index contributed by atoms with van der Waals surface area (Å²) in [5.41, 5.74) is 0.506. The molecule has 0 aromatic heterocycles. The van der Waals surface area contributed by atoms with E-state index >= 15 is 0 Å². The predicted octanol–water partition coefficient (Wildman–Crippen LogP) is 3.53. The van der Waals surface area contributed by atoms with Crippen LogP contribution in [0, 0.1) is 23.7 Å². The van der Waals surface area contributed by atoms with Gasteiger partial charge in [0.05, 0.1) is 17.5 Å². The molecule has 5 heteroatoms. The smallest absolute Gasteiger partial charge is 0.237 e. The third kappa shape index (κ3) is 1.60. The van der Waals surface area contributed by atoms with Gasteiger partial charge in [-0.05, 0) is 49.3 Å². The second-order valence-corrected chi connectivity index (χ2v) is 6.90. The minimum Gasteiger partial charge on any atom is -0.274 e. The van der Waals surface area contributed by atoms with Crippen molar-refractivity contribution in [3.05, 3.63) is 28.2 Å². The summed E-state index contributed by atoms with van der Waals surface area (Å²) in [4.78, 5) is 26.6. The van der Waals surface area contributed by atoms with Crippen LogP contribution in [0.2, 0.25) is 10.0 Å². The molecule has 2 saturated carbocycles. The van der Waals surface area contributed by atoms with Gasteiger partial charge in [0.1, 0.15) is 0 Å². The van der Waals surface area contributed by atoms with Crippen LogP contribution >= 0.6 is 23.2 Å². The molecule has 0 unspecified atom stereocenters. The molecule has 1 aromatic rings. The summed E-state index contributed by atoms with van der Waals surface area (Å²) < 4.78 is 0. The fourth-order valence-electron chi connectivity index (χ4n) is 4.33. The zero-order valence-corrected chi connectivity index (χ0v) is 12.2. The maximum Gasteiger partial charge on any atom is 0.237 e. The quantitative estimate of drug-likeness (QED) is 0.744. The highest BCUT2D eigenvalue weighted by Crippen LogP contribution is 2.56. The lowest BCUT2D eigenvalue weighted by atomic mass is 9.81. The lowest BCUT2D eigenvalue weighted by Crippen LogP contribution is -2.32. The number of rotatable bonds is 1. The largest absolute Gasteiger partial charge is 0.274 e. The third-order valence-electron chi connectivity index (χ3n) is 5.03. The molecule has 0 spiro atoms. The Kier molecular flexibility index (Phi) is 2.67. The standard InChI is InChI=1S/C15H13Cl2NO2/c16-9-4-10(17)6-11(5-9)18-14(19)12-7-1-2-8(3-7)13(12)15(18)20/h4-8,12-13H,1-3H2/t7-,8+,12-,13+. The van der Waals surface area contributed by atoms with E-state index in [4.69, 9.17) is 23.2 Å². The van der Waals surface area contributed by atoms with Crippen molar-refractivity contribution in [2.24, 2.45) is 23.7 Å². The molecular formula is C15H13Cl2NO2. The molecule has 2 aliphatic carbocycles. The lowest BCUT2D eigenvalue weighted by Gasteiger charge is -2.19. The van der Waals surface area contributed by atoms with Gasteiger partial charge in [-0.15, -0.1) is 0 Å². The molecule has 104 valence electrons. The Balaban J connectivity index is 1.76. The third-order valence-corrected chi connectivity index (χ3v) is 5.47. The fourth-order valence-corrected chi connectivity index (χ4v) is 4.85. The first-order chi connectivity index (χ1) is 9.56. The van der Waals surface area contributed by atoms with E-state index in [0.717, 1.165) is 19.3 Å². The van der Waals surface area contributed by atoms with E-state index in [9.17, 15) is 9.59 Å². The molecule has 0 radical (unpaired) electrons. The number of halogens is 2. The van der Waals surface area contributed by atoms with Gasteiger partial charge in [0.15, 0.2) is 0 Å². The molecule has 3 nitrogen and oxygen atoms in total. The molecule has 2 amide bonds. The summed E-state index contributed by atoms with van der Waals surface area (Å²) in [7, 11) is 0. The number of anilines is 1. The average Bonchev–Trinajstić information content (AvgIpc) is 3.02. The number of imide groups is 1. The number of fused-ring (bicyclic) bond motifs is 5. The molecule has 20 heavy (non-hydrogen) atoms. The van der Waals surface area contributed by atoms with E-state index in [1.54, 1.807) is 18.2 Å². The summed E-state index contributed by atoms with van der Waals surface area (Å²) in [5.74, 6) is 0.427. The monoisotopic (exact) mass is 309 g/mol. The average molecular weight is 310 g/mol. The van der Waals surface area contributed by atoms with Gasteiger partial charge in [0.2, 0.25) is 11.8 Å². The minimum absolute atomic E-state index is 0.0643. The van der Waals surface area contributed by atoms with Crippen LogP contribution in [0.3, 0.4) is 0 Å². The first kappa shape index (κ1) is 12.7. The van der Waals surface area contributed by atoms with Gasteiger partial charge in [-0.2, -0.15) is 0 Å². The predicted molar refractivity (Wildman–Crippen MR) is 76.8 cm³/mol. The Morgan fingerprint density at radius 2 is 1.40 bits per heavy atom. The lowest BCUT2D eigenvalue weighted by molar-refractivity contribution is -0.123. The molecule has 2 bridgehead atoms. The van der Waals surface area contributed by atoms with E-state index in [-0.39, 0.29) is 23.7 Å². The van der Waals surface area contributed by atoms with Crippen molar-refractivity contribution in [2.45, 2.75) is 19.3 Å². The molecule has 4 rings (SSSR count). The van der Waals surface area contributed by atoms with E-state index in [1.165, 1.54) is 4.90 Å². The summed E-state index contributed by atoms with van der Waals surface area (Å²) in [6.07, 6.45) is 3.20. The van der Waals surface area contributed by atoms with Crippen molar-refractivity contribution < 1.29 is 9.59 Å². The van der Waals surface area contributed by atoms with Crippen LogP contribution in [0.15, 0.2) is 18.2 Å². The van der Waals surface area contributed by atoms with E-state index in [0.29, 0.717) is 27.6 Å². The summed E-state index contributed by atoms with van der Waals surface area (Å²) >= 11 is 12.0. The Bertz CT molecular complexity index is 582. The van der Waals surface area contributed by atoms with Gasteiger partial charge < -0.3 is 0 Å². The van der Waals surface area contributed by atoms with Crippen molar-refractivity contribution in [3.63, 3.8) is 0 Å². The van der Waals surface area contributed by atoms with Gasteiger partial charge in [0.25, 0.3) is 0 Å². The SMILES string of the molecule is O=C1[C@@H]2[C@@H]3CC[C@@H](C3)[C@@H]2C(=O)N1c1cc(Cl)cc(Cl)c1. The molecule has 3 fully saturated rings. The van der Waals surface area contributed by atoms with Crippen LogP contribution in [0.1, 0.15) is 19.3 Å². The topological polar surface area (TPSA) is 37.4 Å². The summed E-state index contributed by atoms with van der Waals surface area (Å²) in [6, 6.07) is 4.86. The number of hydrogen-bond donors (Lipinski definition) is 0. The number of carbonyl (C=O) groups is 2. The summed E-state index contributed by atoms with van der Waals surface area (Å²) in [6.45, 7) is 0. The van der Waals surface area contributed by atoms with E-state index < -0.39 is 0 Å².